The van der Waals surface area contributed by atoms with E-state index in [1.165, 1.54) is 0 Å². The molecule has 1 amide bonds. The zero-order valence-electron chi connectivity index (χ0n) is 12.9. The summed E-state index contributed by atoms with van der Waals surface area (Å²) in [5.41, 5.74) is 0.827. The molecule has 126 valence electrons. The number of alkyl halides is 2. The van der Waals surface area contributed by atoms with Gasteiger partial charge in [-0.2, -0.15) is 0 Å². The third-order valence-corrected chi connectivity index (χ3v) is 4.69. The first kappa shape index (κ1) is 16.3. The Morgan fingerprint density at radius 2 is 2.09 bits per heavy atom. The maximum absolute atomic E-state index is 13.2. The molecule has 23 heavy (non-hydrogen) atoms. The maximum Gasteiger partial charge on any atom is 0.250 e. The second-order valence-electron chi connectivity index (χ2n) is 6.36. The second kappa shape index (κ2) is 6.49. The average Bonchev–Trinajstić information content (AvgIpc) is 2.90. The minimum Gasteiger partial charge on any atom is -0.390 e. The Hall–Kier alpha value is -1.60. The number of carbonyl (C=O) groups excluding carboxylic acids is 1. The van der Waals surface area contributed by atoms with E-state index in [1.807, 2.05) is 11.0 Å². The molecule has 1 N–H and O–H groups in total. The number of aliphatic hydroxyl groups excluding tert-OH is 1. The van der Waals surface area contributed by atoms with Crippen molar-refractivity contribution in [1.82, 2.24) is 14.8 Å². The van der Waals surface area contributed by atoms with Crippen LogP contribution in [0.1, 0.15) is 18.4 Å². The smallest absolute Gasteiger partial charge is 0.250 e. The normalized spacial score (nSPS) is 28.0. The molecule has 2 atom stereocenters. The molecule has 0 radical (unpaired) electrons. The molecule has 2 aliphatic rings. The van der Waals surface area contributed by atoms with Gasteiger partial charge in [-0.15, -0.1) is 0 Å². The number of amides is 1. The van der Waals surface area contributed by atoms with Crippen LogP contribution in [0.4, 0.5) is 8.78 Å². The summed E-state index contributed by atoms with van der Waals surface area (Å²) in [6.07, 6.45) is 2.50. The quantitative estimate of drug-likeness (QED) is 0.898. The Morgan fingerprint density at radius 1 is 1.35 bits per heavy atom. The van der Waals surface area contributed by atoms with Gasteiger partial charge in [0.25, 0.3) is 5.92 Å². The van der Waals surface area contributed by atoms with Crippen LogP contribution in [0.3, 0.4) is 0 Å². The van der Waals surface area contributed by atoms with Gasteiger partial charge in [-0.05, 0) is 11.6 Å². The Morgan fingerprint density at radius 3 is 2.74 bits per heavy atom. The van der Waals surface area contributed by atoms with Crippen LogP contribution < -0.4 is 0 Å². The van der Waals surface area contributed by atoms with Crippen LogP contribution in [0, 0.1) is 0 Å². The SMILES string of the molecule is O=C(Cc1cccnc1)N1C[C@@H](O)[C@H](N2CCC(F)(F)CC2)C1. The number of likely N-dealkylation sites (tertiary alicyclic amines) is 2. The second-order valence-corrected chi connectivity index (χ2v) is 6.36. The monoisotopic (exact) mass is 325 g/mol. The lowest BCUT2D eigenvalue weighted by Crippen LogP contribution is -2.49. The molecule has 0 aliphatic carbocycles. The molecule has 0 spiro atoms. The van der Waals surface area contributed by atoms with Crippen molar-refractivity contribution in [3.63, 3.8) is 0 Å². The summed E-state index contributed by atoms with van der Waals surface area (Å²) in [7, 11) is 0. The molecule has 1 aromatic heterocycles. The highest BCUT2D eigenvalue weighted by atomic mass is 19.3. The van der Waals surface area contributed by atoms with Crippen LogP contribution in [0.5, 0.6) is 0 Å². The standard InChI is InChI=1S/C16H21F2N3O2/c17-16(18)3-6-20(7-4-16)13-10-21(11-14(13)22)15(23)8-12-2-1-5-19-9-12/h1-2,5,9,13-14,22H,3-4,6-8,10-11H2/t13-,14-/m1/s1. The number of hydrogen-bond acceptors (Lipinski definition) is 4. The van der Waals surface area contributed by atoms with Gasteiger partial charge in [-0.3, -0.25) is 14.7 Å². The summed E-state index contributed by atoms with van der Waals surface area (Å²) in [4.78, 5) is 19.8. The summed E-state index contributed by atoms with van der Waals surface area (Å²) in [6.45, 7) is 1.18. The molecule has 7 heteroatoms. The van der Waals surface area contributed by atoms with Gasteiger partial charge in [0.2, 0.25) is 5.91 Å². The molecule has 3 rings (SSSR count). The number of β-amino-alcohol motifs (C(OH)–C–C–N with tert-alkyl or cyclic N) is 1. The number of piperidine rings is 1. The Balaban J connectivity index is 1.57. The van der Waals surface area contributed by atoms with Gasteiger partial charge < -0.3 is 10.0 Å². The molecule has 0 bridgehead atoms. The van der Waals surface area contributed by atoms with Crippen LogP contribution in [0.15, 0.2) is 24.5 Å². The van der Waals surface area contributed by atoms with Crippen LogP contribution in [-0.2, 0) is 11.2 Å². The Bertz CT molecular complexity index is 546. The number of pyridine rings is 1. The van der Waals surface area contributed by atoms with Crippen molar-refractivity contribution < 1.29 is 18.7 Å². The maximum atomic E-state index is 13.2. The molecule has 3 heterocycles. The number of rotatable bonds is 3. The van der Waals surface area contributed by atoms with Crippen molar-refractivity contribution in [2.45, 2.75) is 37.3 Å². The molecule has 0 saturated carbocycles. The predicted molar refractivity (Wildman–Crippen MR) is 80.1 cm³/mol. The highest BCUT2D eigenvalue weighted by Crippen LogP contribution is 2.30. The average molecular weight is 325 g/mol. The first-order valence-corrected chi connectivity index (χ1v) is 7.91. The topological polar surface area (TPSA) is 56.7 Å². The van der Waals surface area contributed by atoms with Gasteiger partial charge in [0.1, 0.15) is 0 Å². The van der Waals surface area contributed by atoms with Crippen molar-refractivity contribution in [3.8, 4) is 0 Å². The number of nitrogens with zero attached hydrogens (tertiary/aromatic N) is 3. The van der Waals surface area contributed by atoms with Gasteiger partial charge in [0.15, 0.2) is 0 Å². The molecular weight excluding hydrogens is 304 g/mol. The molecule has 2 fully saturated rings. The molecule has 0 aromatic carbocycles. The molecule has 2 saturated heterocycles. The van der Waals surface area contributed by atoms with Crippen molar-refractivity contribution in [1.29, 1.82) is 0 Å². The largest absolute Gasteiger partial charge is 0.390 e. The zero-order valence-corrected chi connectivity index (χ0v) is 12.9. The van der Waals surface area contributed by atoms with Crippen molar-refractivity contribution in [2.24, 2.45) is 0 Å². The number of halogens is 2. The fourth-order valence-corrected chi connectivity index (χ4v) is 3.30. The summed E-state index contributed by atoms with van der Waals surface area (Å²) in [5, 5.41) is 10.2. The number of hydrogen-bond donors (Lipinski definition) is 1. The van der Waals surface area contributed by atoms with Gasteiger partial charge in [-0.25, -0.2) is 8.78 Å². The first-order valence-electron chi connectivity index (χ1n) is 7.91. The van der Waals surface area contributed by atoms with E-state index in [-0.39, 0.29) is 50.8 Å². The minimum absolute atomic E-state index is 0.0677. The van der Waals surface area contributed by atoms with Gasteiger partial charge in [0, 0.05) is 51.4 Å². The van der Waals surface area contributed by atoms with Crippen molar-refractivity contribution in [3.05, 3.63) is 30.1 Å². The number of aliphatic hydroxyl groups is 1. The van der Waals surface area contributed by atoms with E-state index >= 15 is 0 Å². The van der Waals surface area contributed by atoms with E-state index in [9.17, 15) is 18.7 Å². The molecular formula is C16H21F2N3O2. The third kappa shape index (κ3) is 3.84. The lowest BCUT2D eigenvalue weighted by Gasteiger charge is -2.36. The number of aromatic nitrogens is 1. The molecule has 5 nitrogen and oxygen atoms in total. The fraction of sp³-hybridized carbons (Fsp3) is 0.625. The fourth-order valence-electron chi connectivity index (χ4n) is 3.30. The van der Waals surface area contributed by atoms with Crippen molar-refractivity contribution in [2.75, 3.05) is 26.2 Å². The Labute approximate surface area is 133 Å². The van der Waals surface area contributed by atoms with Gasteiger partial charge in [0.05, 0.1) is 18.6 Å². The summed E-state index contributed by atoms with van der Waals surface area (Å²) in [6, 6.07) is 3.36. The molecule has 1 aromatic rings. The van der Waals surface area contributed by atoms with E-state index in [0.29, 0.717) is 6.54 Å². The van der Waals surface area contributed by atoms with Gasteiger partial charge in [-0.1, -0.05) is 6.07 Å². The first-order chi connectivity index (χ1) is 10.9. The Kier molecular flexibility index (Phi) is 4.59. The van der Waals surface area contributed by atoms with E-state index in [0.717, 1.165) is 5.56 Å². The summed E-state index contributed by atoms with van der Waals surface area (Å²) >= 11 is 0. The third-order valence-electron chi connectivity index (χ3n) is 4.69. The van der Waals surface area contributed by atoms with Crippen LogP contribution in [0.25, 0.3) is 0 Å². The zero-order chi connectivity index (χ0) is 16.4. The highest BCUT2D eigenvalue weighted by molar-refractivity contribution is 5.79. The predicted octanol–water partition coefficient (Wildman–Crippen LogP) is 0.927. The number of carbonyl (C=O) groups is 1. The van der Waals surface area contributed by atoms with Crippen LogP contribution in [-0.4, -0.2) is 70.0 Å². The lowest BCUT2D eigenvalue weighted by atomic mass is 10.0. The van der Waals surface area contributed by atoms with E-state index in [1.54, 1.807) is 23.4 Å². The summed E-state index contributed by atoms with van der Waals surface area (Å²) in [5.74, 6) is -2.67. The van der Waals surface area contributed by atoms with E-state index < -0.39 is 12.0 Å². The van der Waals surface area contributed by atoms with Gasteiger partial charge >= 0.3 is 0 Å². The highest BCUT2D eigenvalue weighted by Gasteiger charge is 2.42. The van der Waals surface area contributed by atoms with Crippen LogP contribution >= 0.6 is 0 Å². The van der Waals surface area contributed by atoms with Crippen molar-refractivity contribution >= 4 is 5.91 Å². The summed E-state index contributed by atoms with van der Waals surface area (Å²) < 4.78 is 26.5. The molecule has 2 aliphatic heterocycles. The van der Waals surface area contributed by atoms with E-state index in [2.05, 4.69) is 4.98 Å². The molecule has 0 unspecified atom stereocenters. The van der Waals surface area contributed by atoms with E-state index in [4.69, 9.17) is 0 Å². The minimum atomic E-state index is -2.60. The lowest BCUT2D eigenvalue weighted by molar-refractivity contribution is -0.130. The van der Waals surface area contributed by atoms with Crippen LogP contribution in [0.2, 0.25) is 0 Å².